The summed E-state index contributed by atoms with van der Waals surface area (Å²) in [5, 5.41) is 0. The first-order chi connectivity index (χ1) is 12.4. The molecule has 0 bridgehead atoms. The molecule has 0 atom stereocenters. The lowest BCUT2D eigenvalue weighted by Crippen LogP contribution is -2.49. The number of rotatable bonds is 3. The highest BCUT2D eigenvalue weighted by atomic mass is 19.2. The zero-order valence-electron chi connectivity index (χ0n) is 13.6. The van der Waals surface area contributed by atoms with E-state index in [2.05, 4.69) is 0 Å². The topological polar surface area (TPSA) is 23.6 Å². The third-order valence-electron chi connectivity index (χ3n) is 4.33. The monoisotopic (exact) mass is 370 g/mol. The molecule has 0 radical (unpaired) electrons. The molecule has 0 saturated carbocycles. The summed E-state index contributed by atoms with van der Waals surface area (Å²) in [5.74, 6) is -9.99. The Morgan fingerprint density at radius 2 is 1.27 bits per heavy atom. The number of halogens is 5. The third kappa shape index (κ3) is 3.36. The van der Waals surface area contributed by atoms with E-state index in [1.807, 2.05) is 30.3 Å². The van der Waals surface area contributed by atoms with Crippen LogP contribution in [0.2, 0.25) is 0 Å². The van der Waals surface area contributed by atoms with Crippen molar-refractivity contribution in [1.82, 2.24) is 4.90 Å². The van der Waals surface area contributed by atoms with Gasteiger partial charge >= 0.3 is 0 Å². The first-order valence-electron chi connectivity index (χ1n) is 7.98. The fourth-order valence-electron chi connectivity index (χ4n) is 2.93. The predicted molar refractivity (Wildman–Crippen MR) is 85.2 cm³/mol. The molecular formula is C18H15F5N2O. The highest BCUT2D eigenvalue weighted by Gasteiger charge is 2.31. The molecule has 2 aromatic rings. The first kappa shape index (κ1) is 18.2. The van der Waals surface area contributed by atoms with Gasteiger partial charge in [0.2, 0.25) is 11.7 Å². The molecule has 1 aliphatic rings. The first-order valence-corrected chi connectivity index (χ1v) is 7.98. The van der Waals surface area contributed by atoms with Crippen molar-refractivity contribution in [2.75, 3.05) is 31.1 Å². The van der Waals surface area contributed by atoms with Gasteiger partial charge in [-0.15, -0.1) is 0 Å². The van der Waals surface area contributed by atoms with Crippen LogP contribution in [-0.4, -0.2) is 37.0 Å². The van der Waals surface area contributed by atoms with Gasteiger partial charge in [-0.25, -0.2) is 22.0 Å². The molecule has 26 heavy (non-hydrogen) atoms. The molecule has 138 valence electrons. The van der Waals surface area contributed by atoms with E-state index >= 15 is 0 Å². The van der Waals surface area contributed by atoms with Gasteiger partial charge in [0, 0.05) is 26.2 Å². The minimum Gasteiger partial charge on any atom is -0.363 e. The van der Waals surface area contributed by atoms with Crippen LogP contribution in [0.4, 0.5) is 27.6 Å². The van der Waals surface area contributed by atoms with Crippen LogP contribution in [0.5, 0.6) is 0 Å². The van der Waals surface area contributed by atoms with Gasteiger partial charge in [0.1, 0.15) is 5.69 Å². The van der Waals surface area contributed by atoms with Gasteiger partial charge in [0.15, 0.2) is 23.3 Å². The molecule has 0 unspecified atom stereocenters. The van der Waals surface area contributed by atoms with Crippen molar-refractivity contribution in [3.63, 3.8) is 0 Å². The molecule has 8 heteroatoms. The lowest BCUT2D eigenvalue weighted by Gasteiger charge is -2.36. The van der Waals surface area contributed by atoms with Gasteiger partial charge in [0.25, 0.3) is 0 Å². The number of piperazine rings is 1. The van der Waals surface area contributed by atoms with Gasteiger partial charge in [0.05, 0.1) is 6.42 Å². The minimum absolute atomic E-state index is 0.0289. The maximum atomic E-state index is 13.9. The highest BCUT2D eigenvalue weighted by molar-refractivity contribution is 5.79. The van der Waals surface area contributed by atoms with Crippen LogP contribution in [0, 0.1) is 29.1 Å². The summed E-state index contributed by atoms with van der Waals surface area (Å²) >= 11 is 0. The van der Waals surface area contributed by atoms with E-state index < -0.39 is 34.8 Å². The molecule has 1 amide bonds. The third-order valence-corrected chi connectivity index (χ3v) is 4.33. The number of anilines is 1. The number of benzene rings is 2. The number of amides is 1. The van der Waals surface area contributed by atoms with E-state index in [1.54, 1.807) is 0 Å². The second-order valence-corrected chi connectivity index (χ2v) is 5.95. The summed E-state index contributed by atoms with van der Waals surface area (Å²) in [7, 11) is 0. The summed E-state index contributed by atoms with van der Waals surface area (Å²) < 4.78 is 67.6. The molecule has 0 N–H and O–H groups in total. The minimum atomic E-state index is -2.18. The maximum absolute atomic E-state index is 13.9. The van der Waals surface area contributed by atoms with Gasteiger partial charge in [-0.1, -0.05) is 30.3 Å². The molecule has 3 nitrogen and oxygen atoms in total. The second-order valence-electron chi connectivity index (χ2n) is 5.95. The fraction of sp³-hybridized carbons (Fsp3) is 0.278. The summed E-state index contributed by atoms with van der Waals surface area (Å²) in [6, 6.07) is 9.07. The molecule has 0 aromatic heterocycles. The van der Waals surface area contributed by atoms with E-state index in [0.29, 0.717) is 0 Å². The van der Waals surface area contributed by atoms with Crippen molar-refractivity contribution in [3.8, 4) is 0 Å². The van der Waals surface area contributed by atoms with Crippen molar-refractivity contribution in [2.45, 2.75) is 6.42 Å². The zero-order valence-corrected chi connectivity index (χ0v) is 13.6. The Bertz CT molecular complexity index is 791. The van der Waals surface area contributed by atoms with Gasteiger partial charge in [-0.05, 0) is 5.56 Å². The lowest BCUT2D eigenvalue weighted by molar-refractivity contribution is -0.130. The zero-order chi connectivity index (χ0) is 18.8. The predicted octanol–water partition coefficient (Wildman–Crippen LogP) is 3.27. The standard InChI is InChI=1S/C18H15F5N2O/c19-13-14(20)16(22)18(17(23)15(13)21)25-8-6-24(7-9-25)12(26)10-11-4-2-1-3-5-11/h1-5H,6-10H2. The van der Waals surface area contributed by atoms with Gasteiger partial charge in [-0.2, -0.15) is 0 Å². The molecule has 1 heterocycles. The Morgan fingerprint density at radius 1 is 0.769 bits per heavy atom. The number of hydrogen-bond acceptors (Lipinski definition) is 2. The Morgan fingerprint density at radius 3 is 1.81 bits per heavy atom. The normalized spacial score (nSPS) is 14.7. The fourth-order valence-corrected chi connectivity index (χ4v) is 2.93. The molecule has 2 aromatic carbocycles. The Balaban J connectivity index is 1.70. The Labute approximate surface area is 146 Å². The summed E-state index contributed by atoms with van der Waals surface area (Å²) in [6.07, 6.45) is 0.184. The number of hydrogen-bond donors (Lipinski definition) is 0. The lowest BCUT2D eigenvalue weighted by atomic mass is 10.1. The largest absolute Gasteiger partial charge is 0.363 e. The van der Waals surface area contributed by atoms with Crippen LogP contribution in [0.25, 0.3) is 0 Å². The van der Waals surface area contributed by atoms with Crippen LogP contribution in [0.15, 0.2) is 30.3 Å². The van der Waals surface area contributed by atoms with Crippen LogP contribution in [0.3, 0.4) is 0 Å². The molecule has 1 fully saturated rings. The Hall–Kier alpha value is -2.64. The van der Waals surface area contributed by atoms with E-state index in [9.17, 15) is 26.7 Å². The summed E-state index contributed by atoms with van der Waals surface area (Å²) in [4.78, 5) is 14.9. The number of carbonyl (C=O) groups excluding carboxylic acids is 1. The van der Waals surface area contributed by atoms with Crippen LogP contribution < -0.4 is 4.90 Å². The van der Waals surface area contributed by atoms with Crippen LogP contribution >= 0.6 is 0 Å². The molecule has 0 aliphatic carbocycles. The second kappa shape index (κ2) is 7.31. The Kier molecular flexibility index (Phi) is 5.11. The SMILES string of the molecule is O=C(Cc1ccccc1)N1CCN(c2c(F)c(F)c(F)c(F)c2F)CC1. The molecule has 1 aliphatic heterocycles. The van der Waals surface area contributed by atoms with Gasteiger partial charge in [-0.3, -0.25) is 4.79 Å². The van der Waals surface area contributed by atoms with E-state index in [0.717, 1.165) is 10.5 Å². The van der Waals surface area contributed by atoms with E-state index in [1.165, 1.54) is 4.90 Å². The molecule has 1 saturated heterocycles. The van der Waals surface area contributed by atoms with Crippen molar-refractivity contribution in [2.24, 2.45) is 0 Å². The quantitative estimate of drug-likeness (QED) is 0.470. The molecular weight excluding hydrogens is 355 g/mol. The van der Waals surface area contributed by atoms with Crippen LogP contribution in [0.1, 0.15) is 5.56 Å². The summed E-state index contributed by atoms with van der Waals surface area (Å²) in [5.41, 5.74) is -0.115. The maximum Gasteiger partial charge on any atom is 0.227 e. The van der Waals surface area contributed by atoms with E-state index in [4.69, 9.17) is 0 Å². The molecule has 0 spiro atoms. The van der Waals surface area contributed by atoms with Gasteiger partial charge < -0.3 is 9.80 Å². The van der Waals surface area contributed by atoms with Crippen molar-refractivity contribution in [1.29, 1.82) is 0 Å². The summed E-state index contributed by atoms with van der Waals surface area (Å²) in [6.45, 7) is 0.202. The highest BCUT2D eigenvalue weighted by Crippen LogP contribution is 2.30. The number of carbonyl (C=O) groups is 1. The van der Waals surface area contributed by atoms with E-state index in [-0.39, 0.29) is 38.5 Å². The van der Waals surface area contributed by atoms with Crippen molar-refractivity contribution in [3.05, 3.63) is 65.0 Å². The average molecular weight is 370 g/mol. The smallest absolute Gasteiger partial charge is 0.227 e. The molecule has 3 rings (SSSR count). The van der Waals surface area contributed by atoms with Crippen LogP contribution in [-0.2, 0) is 11.2 Å². The van der Waals surface area contributed by atoms with Crippen molar-refractivity contribution < 1.29 is 26.7 Å². The average Bonchev–Trinajstić information content (AvgIpc) is 2.66. The number of nitrogens with zero attached hydrogens (tertiary/aromatic N) is 2. The van der Waals surface area contributed by atoms with Crippen molar-refractivity contribution >= 4 is 11.6 Å².